The molecule has 0 bridgehead atoms. The van der Waals surface area contributed by atoms with Crippen LogP contribution in [0.4, 0.5) is 0 Å². The Kier molecular flexibility index (Phi) is 3.62. The molecule has 2 aliphatic rings. The molecule has 3 rings (SSSR count). The Hall–Kier alpha value is -0.540. The molecule has 0 spiro atoms. The van der Waals surface area contributed by atoms with Crippen molar-refractivity contribution in [1.82, 2.24) is 4.90 Å². The zero-order valence-corrected chi connectivity index (χ0v) is 12.0. The van der Waals surface area contributed by atoms with Crippen LogP contribution in [0.2, 0.25) is 0 Å². The number of aryl methyl sites for hydroxylation is 2. The van der Waals surface area contributed by atoms with Crippen LogP contribution in [0.3, 0.4) is 0 Å². The monoisotopic (exact) mass is 283 g/mol. The predicted octanol–water partition coefficient (Wildman–Crippen LogP) is 3.47. The summed E-state index contributed by atoms with van der Waals surface area (Å²) in [5.74, 6) is 0.743. The number of nitrogens with zero attached hydrogens (tertiary/aromatic N) is 1. The van der Waals surface area contributed by atoms with Crippen LogP contribution in [0.1, 0.15) is 45.8 Å². The standard InChI is InChI=1S/C14H18ClNOS/c15-7-8-16(11-4-2-5-11)14(17)13-9-10-3-1-6-12(10)18-13/h9,11H,1-8H2. The summed E-state index contributed by atoms with van der Waals surface area (Å²) >= 11 is 7.54. The van der Waals surface area contributed by atoms with Crippen molar-refractivity contribution in [2.24, 2.45) is 0 Å². The molecule has 1 aromatic rings. The van der Waals surface area contributed by atoms with Crippen LogP contribution < -0.4 is 0 Å². The Morgan fingerprint density at radius 2 is 2.22 bits per heavy atom. The van der Waals surface area contributed by atoms with Crippen LogP contribution in [-0.2, 0) is 12.8 Å². The molecule has 0 unspecified atom stereocenters. The predicted molar refractivity (Wildman–Crippen MR) is 75.7 cm³/mol. The van der Waals surface area contributed by atoms with E-state index >= 15 is 0 Å². The van der Waals surface area contributed by atoms with Gasteiger partial charge in [-0.05, 0) is 50.2 Å². The number of halogens is 1. The zero-order chi connectivity index (χ0) is 12.5. The minimum absolute atomic E-state index is 0.208. The zero-order valence-electron chi connectivity index (χ0n) is 10.5. The fourth-order valence-corrected chi connectivity index (χ4v) is 4.21. The number of amides is 1. The lowest BCUT2D eigenvalue weighted by atomic mass is 9.91. The second-order valence-corrected chi connectivity index (χ2v) is 6.70. The van der Waals surface area contributed by atoms with E-state index in [1.165, 1.54) is 23.3 Å². The van der Waals surface area contributed by atoms with Crippen molar-refractivity contribution in [2.75, 3.05) is 12.4 Å². The molecule has 0 radical (unpaired) electrons. The van der Waals surface area contributed by atoms with Crippen molar-refractivity contribution in [3.63, 3.8) is 0 Å². The van der Waals surface area contributed by atoms with E-state index < -0.39 is 0 Å². The van der Waals surface area contributed by atoms with E-state index in [1.807, 2.05) is 4.90 Å². The van der Waals surface area contributed by atoms with Crippen molar-refractivity contribution in [1.29, 1.82) is 0 Å². The topological polar surface area (TPSA) is 20.3 Å². The number of fused-ring (bicyclic) bond motifs is 1. The van der Waals surface area contributed by atoms with Gasteiger partial charge in [-0.2, -0.15) is 0 Å². The van der Waals surface area contributed by atoms with Gasteiger partial charge < -0.3 is 4.90 Å². The van der Waals surface area contributed by atoms with Crippen LogP contribution in [0.5, 0.6) is 0 Å². The van der Waals surface area contributed by atoms with Crippen LogP contribution >= 0.6 is 22.9 Å². The molecule has 0 atom stereocenters. The van der Waals surface area contributed by atoms with E-state index in [0.29, 0.717) is 18.5 Å². The maximum Gasteiger partial charge on any atom is 0.264 e. The lowest BCUT2D eigenvalue weighted by Gasteiger charge is -2.37. The van der Waals surface area contributed by atoms with Crippen LogP contribution in [-0.4, -0.2) is 29.3 Å². The number of rotatable bonds is 4. The number of carbonyl (C=O) groups is 1. The highest BCUT2D eigenvalue weighted by Crippen LogP contribution is 2.33. The molecule has 0 N–H and O–H groups in total. The van der Waals surface area contributed by atoms with Gasteiger partial charge in [0.15, 0.2) is 0 Å². The molecule has 1 aromatic heterocycles. The van der Waals surface area contributed by atoms with Crippen molar-refractivity contribution in [3.8, 4) is 0 Å². The minimum Gasteiger partial charge on any atom is -0.334 e. The Bertz CT molecular complexity index is 431. The van der Waals surface area contributed by atoms with Crippen molar-refractivity contribution in [3.05, 3.63) is 21.4 Å². The Labute approximate surface area is 117 Å². The molecular weight excluding hydrogens is 266 g/mol. The summed E-state index contributed by atoms with van der Waals surface area (Å²) in [6.45, 7) is 0.688. The number of alkyl halides is 1. The molecule has 18 heavy (non-hydrogen) atoms. The molecule has 0 saturated heterocycles. The van der Waals surface area contributed by atoms with Crippen molar-refractivity contribution in [2.45, 2.75) is 44.6 Å². The number of thiophene rings is 1. The molecule has 1 heterocycles. The molecule has 1 fully saturated rings. The fraction of sp³-hybridized carbons (Fsp3) is 0.643. The molecular formula is C14H18ClNOS. The van der Waals surface area contributed by atoms with Crippen LogP contribution in [0.15, 0.2) is 6.07 Å². The van der Waals surface area contributed by atoms with Crippen molar-refractivity contribution < 1.29 is 4.79 Å². The summed E-state index contributed by atoms with van der Waals surface area (Å²) in [6.07, 6.45) is 7.10. The Balaban J connectivity index is 1.77. The summed E-state index contributed by atoms with van der Waals surface area (Å²) in [6, 6.07) is 2.56. The third kappa shape index (κ3) is 2.19. The van der Waals surface area contributed by atoms with Gasteiger partial charge in [-0.25, -0.2) is 0 Å². The smallest absolute Gasteiger partial charge is 0.264 e. The van der Waals surface area contributed by atoms with Gasteiger partial charge >= 0.3 is 0 Å². The highest BCUT2D eigenvalue weighted by molar-refractivity contribution is 7.14. The average molecular weight is 284 g/mol. The summed E-state index contributed by atoms with van der Waals surface area (Å²) in [5.41, 5.74) is 1.41. The molecule has 1 amide bonds. The highest BCUT2D eigenvalue weighted by Gasteiger charge is 2.30. The van der Waals surface area contributed by atoms with E-state index in [9.17, 15) is 4.79 Å². The van der Waals surface area contributed by atoms with Crippen LogP contribution in [0, 0.1) is 0 Å². The van der Waals surface area contributed by atoms with E-state index in [2.05, 4.69) is 6.07 Å². The van der Waals surface area contributed by atoms with E-state index in [0.717, 1.165) is 30.6 Å². The summed E-state index contributed by atoms with van der Waals surface area (Å²) in [4.78, 5) is 16.9. The average Bonchev–Trinajstić information content (AvgIpc) is 2.84. The molecule has 0 aliphatic heterocycles. The molecule has 2 nitrogen and oxygen atoms in total. The molecule has 1 saturated carbocycles. The van der Waals surface area contributed by atoms with E-state index in [1.54, 1.807) is 11.3 Å². The maximum absolute atomic E-state index is 12.6. The second kappa shape index (κ2) is 5.22. The van der Waals surface area contributed by atoms with Gasteiger partial charge in [0.2, 0.25) is 0 Å². The third-order valence-corrected chi connectivity index (χ3v) is 5.45. The first-order chi connectivity index (χ1) is 8.79. The quantitative estimate of drug-likeness (QED) is 0.775. The summed E-state index contributed by atoms with van der Waals surface area (Å²) < 4.78 is 0. The molecule has 2 aliphatic carbocycles. The second-order valence-electron chi connectivity index (χ2n) is 5.18. The molecule has 0 aromatic carbocycles. The molecule has 98 valence electrons. The minimum atomic E-state index is 0.208. The highest BCUT2D eigenvalue weighted by atomic mass is 35.5. The lowest BCUT2D eigenvalue weighted by molar-refractivity contribution is 0.0603. The van der Waals surface area contributed by atoms with Gasteiger partial charge in [0.25, 0.3) is 5.91 Å². The summed E-state index contributed by atoms with van der Waals surface area (Å²) in [7, 11) is 0. The van der Waals surface area contributed by atoms with Gasteiger partial charge in [-0.15, -0.1) is 22.9 Å². The largest absolute Gasteiger partial charge is 0.334 e. The fourth-order valence-electron chi connectivity index (χ4n) is 2.82. The summed E-state index contributed by atoms with van der Waals surface area (Å²) in [5, 5.41) is 0. The van der Waals surface area contributed by atoms with Crippen LogP contribution in [0.25, 0.3) is 0 Å². The Morgan fingerprint density at radius 3 is 2.83 bits per heavy atom. The SMILES string of the molecule is O=C(c1cc2c(s1)CCC2)N(CCCl)C1CCC1. The van der Waals surface area contributed by atoms with Gasteiger partial charge in [0, 0.05) is 23.3 Å². The first-order valence-corrected chi connectivity index (χ1v) is 8.13. The first-order valence-electron chi connectivity index (χ1n) is 6.78. The van der Waals surface area contributed by atoms with E-state index in [-0.39, 0.29) is 5.91 Å². The Morgan fingerprint density at radius 1 is 1.39 bits per heavy atom. The lowest BCUT2D eigenvalue weighted by Crippen LogP contribution is -2.45. The molecule has 4 heteroatoms. The third-order valence-electron chi connectivity index (χ3n) is 4.06. The first kappa shape index (κ1) is 12.5. The van der Waals surface area contributed by atoms with Gasteiger partial charge in [0.1, 0.15) is 0 Å². The number of hydrogen-bond donors (Lipinski definition) is 0. The number of hydrogen-bond acceptors (Lipinski definition) is 2. The maximum atomic E-state index is 12.6. The van der Waals surface area contributed by atoms with Gasteiger partial charge in [0.05, 0.1) is 4.88 Å². The van der Waals surface area contributed by atoms with Gasteiger partial charge in [-0.1, -0.05) is 0 Å². The normalized spacial score (nSPS) is 18.5. The van der Waals surface area contributed by atoms with Gasteiger partial charge in [-0.3, -0.25) is 4.79 Å². The van der Waals surface area contributed by atoms with E-state index in [4.69, 9.17) is 11.6 Å². The van der Waals surface area contributed by atoms with Crippen molar-refractivity contribution >= 4 is 28.8 Å². The number of carbonyl (C=O) groups excluding carboxylic acids is 1.